The van der Waals surface area contributed by atoms with E-state index in [1.165, 1.54) is 6.07 Å². The van der Waals surface area contributed by atoms with E-state index in [-0.39, 0.29) is 17.1 Å². The summed E-state index contributed by atoms with van der Waals surface area (Å²) in [5, 5.41) is 3.29. The first kappa shape index (κ1) is 15.0. The van der Waals surface area contributed by atoms with Gasteiger partial charge in [-0.2, -0.15) is 0 Å². The van der Waals surface area contributed by atoms with Gasteiger partial charge in [-0.1, -0.05) is 31.5 Å². The number of nitrogens with one attached hydrogen (secondary N) is 1. The maximum atomic E-state index is 13.7. The van der Waals surface area contributed by atoms with E-state index in [0.717, 1.165) is 32.4 Å². The van der Waals surface area contributed by atoms with Crippen molar-refractivity contribution in [3.05, 3.63) is 35.6 Å². The average molecular weight is 278 g/mol. The molecule has 1 aromatic carbocycles. The van der Waals surface area contributed by atoms with Crippen molar-refractivity contribution in [2.45, 2.75) is 32.7 Å². The molecule has 4 heteroatoms. The van der Waals surface area contributed by atoms with Gasteiger partial charge in [-0.3, -0.25) is 4.79 Å². The molecule has 1 aliphatic heterocycles. The molecule has 1 atom stereocenters. The Morgan fingerprint density at radius 2 is 2.20 bits per heavy atom. The van der Waals surface area contributed by atoms with Crippen LogP contribution in [0.15, 0.2) is 24.3 Å². The molecular formula is C16H23FN2O. The summed E-state index contributed by atoms with van der Waals surface area (Å²) in [6.45, 7) is 4.06. The number of carbonyl (C=O) groups excluding carboxylic acids is 1. The molecular weight excluding hydrogens is 255 g/mol. The van der Waals surface area contributed by atoms with Crippen LogP contribution in [0.3, 0.4) is 0 Å². The number of rotatable bonds is 5. The van der Waals surface area contributed by atoms with Gasteiger partial charge < -0.3 is 10.2 Å². The summed E-state index contributed by atoms with van der Waals surface area (Å²) in [6, 6.07) is 6.64. The highest BCUT2D eigenvalue weighted by atomic mass is 19.1. The molecule has 1 amide bonds. The molecule has 0 bridgehead atoms. The topological polar surface area (TPSA) is 32.3 Å². The number of hydrogen-bond donors (Lipinski definition) is 1. The molecule has 0 spiro atoms. The van der Waals surface area contributed by atoms with Crippen LogP contribution in [-0.2, 0) is 11.3 Å². The summed E-state index contributed by atoms with van der Waals surface area (Å²) in [4.78, 5) is 14.4. The predicted octanol–water partition coefficient (Wildman–Crippen LogP) is 2.56. The normalized spacial score (nSPS) is 21.9. The summed E-state index contributed by atoms with van der Waals surface area (Å²) in [5.41, 5.74) is 0.273. The van der Waals surface area contributed by atoms with Gasteiger partial charge in [-0.05, 0) is 25.5 Å². The van der Waals surface area contributed by atoms with E-state index in [0.29, 0.717) is 12.1 Å². The highest BCUT2D eigenvalue weighted by molar-refractivity contribution is 5.83. The molecule has 0 aliphatic carbocycles. The highest BCUT2D eigenvalue weighted by Crippen LogP contribution is 2.33. The van der Waals surface area contributed by atoms with Gasteiger partial charge >= 0.3 is 0 Å². The van der Waals surface area contributed by atoms with E-state index >= 15 is 0 Å². The maximum Gasteiger partial charge on any atom is 0.230 e. The molecule has 0 saturated carbocycles. The number of hydrogen-bond acceptors (Lipinski definition) is 2. The van der Waals surface area contributed by atoms with Gasteiger partial charge in [-0.25, -0.2) is 4.39 Å². The van der Waals surface area contributed by atoms with Crippen molar-refractivity contribution in [1.82, 2.24) is 10.2 Å². The Balaban J connectivity index is 2.10. The lowest BCUT2D eigenvalue weighted by Gasteiger charge is -2.31. The molecule has 1 aromatic rings. The van der Waals surface area contributed by atoms with E-state index in [9.17, 15) is 9.18 Å². The standard InChI is InChI=1S/C16H23FN2O/c1-3-8-16(9-10-18-12-16)15(20)19(2)11-13-6-4-5-7-14(13)17/h4-7,18H,3,8-12H2,1-2H3. The first-order chi connectivity index (χ1) is 9.59. The minimum Gasteiger partial charge on any atom is -0.341 e. The van der Waals surface area contributed by atoms with Crippen LogP contribution >= 0.6 is 0 Å². The molecule has 1 heterocycles. The smallest absolute Gasteiger partial charge is 0.230 e. The van der Waals surface area contributed by atoms with Gasteiger partial charge in [0.05, 0.1) is 5.41 Å². The largest absolute Gasteiger partial charge is 0.341 e. The van der Waals surface area contributed by atoms with Crippen LogP contribution in [0, 0.1) is 11.2 Å². The van der Waals surface area contributed by atoms with Crippen LogP contribution < -0.4 is 5.32 Å². The third-order valence-corrected chi connectivity index (χ3v) is 4.14. The molecule has 2 rings (SSSR count). The number of carbonyl (C=O) groups is 1. The molecule has 1 saturated heterocycles. The molecule has 1 aliphatic rings. The van der Waals surface area contributed by atoms with Gasteiger partial charge in [-0.15, -0.1) is 0 Å². The number of nitrogens with zero attached hydrogens (tertiary/aromatic N) is 1. The lowest BCUT2D eigenvalue weighted by molar-refractivity contribution is -0.140. The van der Waals surface area contributed by atoms with Gasteiger partial charge in [0.1, 0.15) is 5.82 Å². The van der Waals surface area contributed by atoms with Gasteiger partial charge in [0, 0.05) is 25.7 Å². The van der Waals surface area contributed by atoms with Crippen LogP contribution in [0.25, 0.3) is 0 Å². The van der Waals surface area contributed by atoms with E-state index in [4.69, 9.17) is 0 Å². The minimum atomic E-state index is -0.297. The molecule has 110 valence electrons. The summed E-state index contributed by atoms with van der Waals surface area (Å²) in [5.74, 6) is -0.117. The summed E-state index contributed by atoms with van der Waals surface area (Å²) in [6.07, 6.45) is 2.75. The third-order valence-electron chi connectivity index (χ3n) is 4.14. The Bertz CT molecular complexity index is 469. The number of halogens is 1. The lowest BCUT2D eigenvalue weighted by atomic mass is 9.81. The average Bonchev–Trinajstić information content (AvgIpc) is 2.90. The first-order valence-electron chi connectivity index (χ1n) is 7.29. The molecule has 1 unspecified atom stereocenters. The number of benzene rings is 1. The van der Waals surface area contributed by atoms with Crippen molar-refractivity contribution < 1.29 is 9.18 Å². The SMILES string of the molecule is CCCC1(C(=O)N(C)Cc2ccccc2F)CCNC1. The lowest BCUT2D eigenvalue weighted by Crippen LogP contribution is -2.43. The Labute approximate surface area is 120 Å². The van der Waals surface area contributed by atoms with Gasteiger partial charge in [0.25, 0.3) is 0 Å². The van der Waals surface area contributed by atoms with Crippen LogP contribution in [-0.4, -0.2) is 30.9 Å². The molecule has 0 aromatic heterocycles. The monoisotopic (exact) mass is 278 g/mol. The van der Waals surface area contributed by atoms with Crippen molar-refractivity contribution in [2.75, 3.05) is 20.1 Å². The van der Waals surface area contributed by atoms with Crippen molar-refractivity contribution in [3.63, 3.8) is 0 Å². The van der Waals surface area contributed by atoms with Gasteiger partial charge in [0.15, 0.2) is 0 Å². The van der Waals surface area contributed by atoms with Crippen LogP contribution in [0.5, 0.6) is 0 Å². The first-order valence-corrected chi connectivity index (χ1v) is 7.29. The summed E-state index contributed by atoms with van der Waals surface area (Å²) < 4.78 is 13.7. The van der Waals surface area contributed by atoms with Crippen molar-refractivity contribution >= 4 is 5.91 Å². The Kier molecular flexibility index (Phi) is 4.76. The molecule has 1 N–H and O–H groups in total. The van der Waals surface area contributed by atoms with Crippen molar-refractivity contribution in [1.29, 1.82) is 0 Å². The Morgan fingerprint density at radius 1 is 1.45 bits per heavy atom. The van der Waals surface area contributed by atoms with Crippen LogP contribution in [0.2, 0.25) is 0 Å². The minimum absolute atomic E-state index is 0.132. The quantitative estimate of drug-likeness (QED) is 0.898. The Hall–Kier alpha value is -1.42. The molecule has 0 radical (unpaired) electrons. The van der Waals surface area contributed by atoms with Crippen molar-refractivity contribution in [3.8, 4) is 0 Å². The Morgan fingerprint density at radius 3 is 2.80 bits per heavy atom. The summed E-state index contributed by atoms with van der Waals surface area (Å²) >= 11 is 0. The fourth-order valence-electron chi connectivity index (χ4n) is 3.08. The molecule has 1 fully saturated rings. The predicted molar refractivity (Wildman–Crippen MR) is 77.7 cm³/mol. The van der Waals surface area contributed by atoms with Crippen LogP contribution in [0.1, 0.15) is 31.7 Å². The second-order valence-corrected chi connectivity index (χ2v) is 5.71. The summed E-state index contributed by atoms with van der Waals surface area (Å²) in [7, 11) is 1.77. The molecule has 3 nitrogen and oxygen atoms in total. The van der Waals surface area contributed by atoms with E-state index in [1.807, 2.05) is 0 Å². The fraction of sp³-hybridized carbons (Fsp3) is 0.562. The fourth-order valence-corrected chi connectivity index (χ4v) is 3.08. The zero-order chi connectivity index (χ0) is 14.6. The zero-order valence-corrected chi connectivity index (χ0v) is 12.3. The maximum absolute atomic E-state index is 13.7. The third kappa shape index (κ3) is 3.01. The second kappa shape index (κ2) is 6.35. The molecule has 20 heavy (non-hydrogen) atoms. The van der Waals surface area contributed by atoms with Gasteiger partial charge in [0.2, 0.25) is 5.91 Å². The van der Waals surface area contributed by atoms with E-state index in [2.05, 4.69) is 12.2 Å². The van der Waals surface area contributed by atoms with E-state index in [1.54, 1.807) is 30.1 Å². The van der Waals surface area contributed by atoms with E-state index < -0.39 is 0 Å². The van der Waals surface area contributed by atoms with Crippen LogP contribution in [0.4, 0.5) is 4.39 Å². The highest BCUT2D eigenvalue weighted by Gasteiger charge is 2.41. The second-order valence-electron chi connectivity index (χ2n) is 5.71. The number of amides is 1. The zero-order valence-electron chi connectivity index (χ0n) is 12.3. The van der Waals surface area contributed by atoms with Crippen molar-refractivity contribution in [2.24, 2.45) is 5.41 Å².